The highest BCUT2D eigenvalue weighted by Crippen LogP contribution is 2.48. The third kappa shape index (κ3) is 4.78. The molecule has 2 aliphatic heterocycles. The average Bonchev–Trinajstić information content (AvgIpc) is 3.80. The van der Waals surface area contributed by atoms with E-state index < -0.39 is 8.07 Å². The molecule has 11 aromatic carbocycles. The van der Waals surface area contributed by atoms with Crippen LogP contribution in [-0.4, -0.2) is 8.07 Å². The molecular weight excluding hydrogens is 753 g/mol. The third-order valence-corrected chi connectivity index (χ3v) is 18.3. The fourth-order valence-corrected chi connectivity index (χ4v) is 16.6. The van der Waals surface area contributed by atoms with Gasteiger partial charge in [0.25, 0.3) is 0 Å². The van der Waals surface area contributed by atoms with Crippen molar-refractivity contribution in [1.29, 1.82) is 0 Å². The minimum Gasteiger partial charge on any atom is -0.310 e. The molecule has 0 aliphatic carbocycles. The molecule has 11 aromatic rings. The molecule has 0 atom stereocenters. The lowest BCUT2D eigenvalue weighted by atomic mass is 9.91. The molecule has 0 fully saturated rings. The summed E-state index contributed by atoms with van der Waals surface area (Å²) in [4.78, 5) is 4.90. The van der Waals surface area contributed by atoms with Crippen LogP contribution in [-0.2, 0) is 0 Å². The number of para-hydroxylation sites is 3. The number of nitrogens with zero attached hydrogens (tertiary/aromatic N) is 2. The van der Waals surface area contributed by atoms with Crippen molar-refractivity contribution in [2.45, 2.75) is 0 Å². The number of hydrogen-bond donors (Lipinski definition) is 0. The summed E-state index contributed by atoms with van der Waals surface area (Å²) < 4.78 is 0. The molecule has 0 amide bonds. The maximum Gasteiger partial charge on any atom is 0.182 e. The average molecular weight is 791 g/mol. The van der Waals surface area contributed by atoms with Crippen LogP contribution in [0.2, 0.25) is 0 Å². The first-order valence-electron chi connectivity index (χ1n) is 21.2. The Labute approximate surface area is 356 Å². The largest absolute Gasteiger partial charge is 0.310 e. The minimum atomic E-state index is -2.64. The second kappa shape index (κ2) is 13.1. The zero-order valence-corrected chi connectivity index (χ0v) is 34.3. The van der Waals surface area contributed by atoms with E-state index in [1.165, 1.54) is 86.7 Å². The van der Waals surface area contributed by atoms with E-state index in [-0.39, 0.29) is 0 Å². The van der Waals surface area contributed by atoms with Gasteiger partial charge in [-0.05, 0) is 125 Å². The maximum atomic E-state index is 2.56. The number of hydrogen-bond acceptors (Lipinski definition) is 2. The standard InChI is InChI=1S/C58H38N2Si/c1-4-16-41(17-5-1)59(42-18-6-2-7-19-42)51-36-30-39-29-34-50-52(37-31-40-28-33-49(51)57(39)58(40)50)60(43-20-8-3-9-21-43)44-32-35-48-47-24-12-15-27-55(47)61(56(48)38-44)53-25-13-10-22-45(53)46-23-11-14-26-54(46)61/h1-38H. The smallest absolute Gasteiger partial charge is 0.182 e. The number of rotatable bonds is 6. The highest BCUT2D eigenvalue weighted by atomic mass is 28.3. The van der Waals surface area contributed by atoms with E-state index >= 15 is 0 Å². The third-order valence-electron chi connectivity index (χ3n) is 13.4. The molecule has 1 spiro atoms. The topological polar surface area (TPSA) is 6.48 Å². The van der Waals surface area contributed by atoms with Gasteiger partial charge < -0.3 is 9.80 Å². The van der Waals surface area contributed by atoms with Crippen LogP contribution < -0.4 is 30.5 Å². The van der Waals surface area contributed by atoms with Gasteiger partial charge in [0.05, 0.1) is 11.4 Å². The first-order chi connectivity index (χ1) is 30.3. The second-order valence-electron chi connectivity index (χ2n) is 16.4. The molecule has 0 N–H and O–H groups in total. The van der Waals surface area contributed by atoms with Crippen LogP contribution in [0.4, 0.5) is 34.1 Å². The van der Waals surface area contributed by atoms with Crippen LogP contribution in [0.25, 0.3) is 54.6 Å². The van der Waals surface area contributed by atoms with Crippen molar-refractivity contribution >= 4 is 95.3 Å². The van der Waals surface area contributed by atoms with E-state index in [1.807, 2.05) is 0 Å². The summed E-state index contributed by atoms with van der Waals surface area (Å²) in [6.07, 6.45) is 0. The van der Waals surface area contributed by atoms with Crippen molar-refractivity contribution in [1.82, 2.24) is 0 Å². The summed E-state index contributed by atoms with van der Waals surface area (Å²) in [6, 6.07) is 85.9. The van der Waals surface area contributed by atoms with Crippen LogP contribution >= 0.6 is 0 Å². The Morgan fingerprint density at radius 2 is 0.623 bits per heavy atom. The minimum absolute atomic E-state index is 1.13. The molecule has 0 bridgehead atoms. The van der Waals surface area contributed by atoms with Crippen LogP contribution in [0, 0.1) is 0 Å². The first kappa shape index (κ1) is 34.2. The first-order valence-corrected chi connectivity index (χ1v) is 23.2. The lowest BCUT2D eigenvalue weighted by Gasteiger charge is -2.31. The number of benzene rings is 11. The molecule has 2 aliphatic rings. The number of anilines is 6. The predicted octanol–water partition coefficient (Wildman–Crippen LogP) is 12.9. The van der Waals surface area contributed by atoms with Gasteiger partial charge in [0.2, 0.25) is 0 Å². The molecule has 13 rings (SSSR count). The highest BCUT2D eigenvalue weighted by Gasteiger charge is 2.54. The molecule has 2 heterocycles. The summed E-state index contributed by atoms with van der Waals surface area (Å²) in [5.41, 5.74) is 12.4. The van der Waals surface area contributed by atoms with Gasteiger partial charge in [-0.15, -0.1) is 0 Å². The van der Waals surface area contributed by atoms with Crippen LogP contribution in [0.15, 0.2) is 231 Å². The van der Waals surface area contributed by atoms with Gasteiger partial charge in [-0.2, -0.15) is 0 Å². The molecule has 0 aromatic heterocycles. The van der Waals surface area contributed by atoms with E-state index in [0.29, 0.717) is 0 Å². The SMILES string of the molecule is c1ccc(N(c2ccccc2)c2ccc3ccc4c(N(c5ccccc5)c5ccc6c(c5)[Si]5(c7ccccc7-c7ccccc75)c5ccccc5-6)ccc5ccc2c3c54)cc1. The molecular formula is C58H38N2Si. The van der Waals surface area contributed by atoms with Gasteiger partial charge in [-0.25, -0.2) is 0 Å². The van der Waals surface area contributed by atoms with Gasteiger partial charge in [-0.1, -0.05) is 170 Å². The Morgan fingerprint density at radius 3 is 1.07 bits per heavy atom. The van der Waals surface area contributed by atoms with Crippen molar-refractivity contribution in [2.24, 2.45) is 0 Å². The van der Waals surface area contributed by atoms with Gasteiger partial charge in [0.15, 0.2) is 8.07 Å². The van der Waals surface area contributed by atoms with Crippen LogP contribution in [0.1, 0.15) is 0 Å². The van der Waals surface area contributed by atoms with Gasteiger partial charge in [0, 0.05) is 33.5 Å². The van der Waals surface area contributed by atoms with E-state index in [1.54, 1.807) is 0 Å². The van der Waals surface area contributed by atoms with Crippen molar-refractivity contribution in [3.63, 3.8) is 0 Å². The van der Waals surface area contributed by atoms with E-state index in [4.69, 9.17) is 0 Å². The molecule has 0 unspecified atom stereocenters. The molecule has 0 radical (unpaired) electrons. The molecule has 61 heavy (non-hydrogen) atoms. The maximum absolute atomic E-state index is 2.64. The summed E-state index contributed by atoms with van der Waals surface area (Å²) in [6.45, 7) is 0. The monoisotopic (exact) mass is 790 g/mol. The lowest BCUT2D eigenvalue weighted by Crippen LogP contribution is -2.70. The fraction of sp³-hybridized carbons (Fsp3) is 0. The Hall–Kier alpha value is -7.72. The van der Waals surface area contributed by atoms with Crippen molar-refractivity contribution in [3.05, 3.63) is 231 Å². The van der Waals surface area contributed by atoms with E-state index in [9.17, 15) is 0 Å². The van der Waals surface area contributed by atoms with E-state index in [0.717, 1.165) is 22.7 Å². The molecule has 3 heteroatoms. The van der Waals surface area contributed by atoms with Gasteiger partial charge in [0.1, 0.15) is 0 Å². The van der Waals surface area contributed by atoms with Crippen molar-refractivity contribution < 1.29 is 0 Å². The van der Waals surface area contributed by atoms with Gasteiger partial charge in [-0.3, -0.25) is 0 Å². The Kier molecular flexibility index (Phi) is 7.36. The molecule has 2 nitrogen and oxygen atoms in total. The quantitative estimate of drug-likeness (QED) is 0.122. The van der Waals surface area contributed by atoms with Crippen LogP contribution in [0.3, 0.4) is 0 Å². The summed E-state index contributed by atoms with van der Waals surface area (Å²) >= 11 is 0. The van der Waals surface area contributed by atoms with Gasteiger partial charge >= 0.3 is 0 Å². The molecule has 0 saturated heterocycles. The van der Waals surface area contributed by atoms with Crippen LogP contribution in [0.5, 0.6) is 0 Å². The second-order valence-corrected chi connectivity index (χ2v) is 20.0. The Balaban J connectivity index is 1.06. The Bertz CT molecular complexity index is 3390. The normalized spacial score (nSPS) is 13.0. The molecule has 0 saturated carbocycles. The summed E-state index contributed by atoms with van der Waals surface area (Å²) in [5, 5.41) is 13.4. The zero-order valence-electron chi connectivity index (χ0n) is 33.3. The van der Waals surface area contributed by atoms with E-state index in [2.05, 4.69) is 240 Å². The van der Waals surface area contributed by atoms with Crippen molar-refractivity contribution in [3.8, 4) is 22.3 Å². The van der Waals surface area contributed by atoms with Crippen molar-refractivity contribution in [2.75, 3.05) is 9.80 Å². The Morgan fingerprint density at radius 1 is 0.262 bits per heavy atom. The molecule has 284 valence electrons. The summed E-state index contributed by atoms with van der Waals surface area (Å²) in [5.74, 6) is 0. The number of fused-ring (bicyclic) bond motifs is 10. The fourth-order valence-electron chi connectivity index (χ4n) is 11.0. The highest BCUT2D eigenvalue weighted by molar-refractivity contribution is 7.24. The lowest BCUT2D eigenvalue weighted by molar-refractivity contribution is 1.30. The zero-order chi connectivity index (χ0) is 40.1. The summed E-state index contributed by atoms with van der Waals surface area (Å²) in [7, 11) is -2.64. The predicted molar refractivity (Wildman–Crippen MR) is 261 cm³/mol.